The van der Waals surface area contributed by atoms with Crippen LogP contribution in [0.4, 0.5) is 0 Å². The molecule has 0 fully saturated rings. The fourth-order valence-electron chi connectivity index (χ4n) is 2.98. The molecule has 0 saturated carbocycles. The number of hydrogen-bond acceptors (Lipinski definition) is 4. The molecule has 0 amide bonds. The van der Waals surface area contributed by atoms with Crippen molar-refractivity contribution in [2.75, 3.05) is 19.8 Å². The average Bonchev–Trinajstić information content (AvgIpc) is 3.07. The van der Waals surface area contributed by atoms with Crippen molar-refractivity contribution in [3.63, 3.8) is 0 Å². The summed E-state index contributed by atoms with van der Waals surface area (Å²) in [5, 5.41) is 4.40. The third kappa shape index (κ3) is 2.64. The quantitative estimate of drug-likeness (QED) is 0.838. The molecular formula is C15H21N3O2. The Kier molecular flexibility index (Phi) is 3.89. The fourth-order valence-corrected chi connectivity index (χ4v) is 2.98. The second kappa shape index (κ2) is 5.81. The van der Waals surface area contributed by atoms with Crippen molar-refractivity contribution in [1.29, 1.82) is 0 Å². The molecule has 20 heavy (non-hydrogen) atoms. The standard InChI is InChI=1S/C15H21N3O2/c1-3-19-11-13-9-18(10-14-5-4-6-20-14)8-12-7-16-17(2)15(12)13/h4-7,13H,3,8-11H2,1-2H3/t13-/m0/s1. The molecule has 2 aromatic heterocycles. The minimum absolute atomic E-state index is 0.376. The molecule has 1 aliphatic heterocycles. The average molecular weight is 275 g/mol. The third-order valence-electron chi connectivity index (χ3n) is 3.81. The van der Waals surface area contributed by atoms with Crippen LogP contribution in [0.3, 0.4) is 0 Å². The van der Waals surface area contributed by atoms with E-state index >= 15 is 0 Å². The summed E-state index contributed by atoms with van der Waals surface area (Å²) in [4.78, 5) is 2.40. The van der Waals surface area contributed by atoms with Gasteiger partial charge in [0.15, 0.2) is 0 Å². The fraction of sp³-hybridized carbons (Fsp3) is 0.533. The Hall–Kier alpha value is -1.59. The van der Waals surface area contributed by atoms with Crippen LogP contribution in [0.1, 0.15) is 29.9 Å². The highest BCUT2D eigenvalue weighted by Crippen LogP contribution is 2.29. The number of hydrogen-bond donors (Lipinski definition) is 0. The van der Waals surface area contributed by atoms with Gasteiger partial charge in [0.2, 0.25) is 0 Å². The van der Waals surface area contributed by atoms with Gasteiger partial charge in [0.05, 0.1) is 25.6 Å². The summed E-state index contributed by atoms with van der Waals surface area (Å²) in [5.74, 6) is 1.38. The summed E-state index contributed by atoms with van der Waals surface area (Å²) in [6.07, 6.45) is 3.70. The molecule has 0 N–H and O–H groups in total. The lowest BCUT2D eigenvalue weighted by Crippen LogP contribution is -2.35. The summed E-state index contributed by atoms with van der Waals surface area (Å²) in [5.41, 5.74) is 2.61. The van der Waals surface area contributed by atoms with Gasteiger partial charge in [-0.3, -0.25) is 9.58 Å². The first-order valence-corrected chi connectivity index (χ1v) is 7.11. The van der Waals surface area contributed by atoms with E-state index in [4.69, 9.17) is 9.15 Å². The highest BCUT2D eigenvalue weighted by molar-refractivity contribution is 5.25. The van der Waals surface area contributed by atoms with Crippen LogP contribution in [-0.4, -0.2) is 34.4 Å². The molecule has 108 valence electrons. The van der Waals surface area contributed by atoms with E-state index in [9.17, 15) is 0 Å². The lowest BCUT2D eigenvalue weighted by atomic mass is 9.97. The molecule has 0 saturated heterocycles. The first-order chi connectivity index (χ1) is 9.78. The Morgan fingerprint density at radius 1 is 1.50 bits per heavy atom. The minimum Gasteiger partial charge on any atom is -0.468 e. The molecule has 1 atom stereocenters. The number of aryl methyl sites for hydroxylation is 1. The van der Waals surface area contributed by atoms with Gasteiger partial charge in [-0.15, -0.1) is 0 Å². The van der Waals surface area contributed by atoms with Crippen molar-refractivity contribution < 1.29 is 9.15 Å². The number of ether oxygens (including phenoxy) is 1. The first kappa shape index (κ1) is 13.4. The number of aromatic nitrogens is 2. The van der Waals surface area contributed by atoms with Gasteiger partial charge in [0.1, 0.15) is 5.76 Å². The van der Waals surface area contributed by atoms with E-state index in [0.717, 1.165) is 38.6 Å². The van der Waals surface area contributed by atoms with Crippen molar-refractivity contribution in [2.24, 2.45) is 7.05 Å². The van der Waals surface area contributed by atoms with Crippen LogP contribution in [0, 0.1) is 0 Å². The predicted molar refractivity (Wildman–Crippen MR) is 75.3 cm³/mol. The zero-order chi connectivity index (χ0) is 13.9. The van der Waals surface area contributed by atoms with Crippen molar-refractivity contribution in [2.45, 2.75) is 25.9 Å². The number of rotatable bonds is 5. The Bertz CT molecular complexity index is 547. The molecule has 0 bridgehead atoms. The van der Waals surface area contributed by atoms with Crippen LogP contribution in [0.15, 0.2) is 29.0 Å². The molecular weight excluding hydrogens is 254 g/mol. The van der Waals surface area contributed by atoms with E-state index in [1.54, 1.807) is 6.26 Å². The van der Waals surface area contributed by atoms with Crippen LogP contribution >= 0.6 is 0 Å². The molecule has 0 spiro atoms. The van der Waals surface area contributed by atoms with Crippen LogP contribution in [0.2, 0.25) is 0 Å². The monoisotopic (exact) mass is 275 g/mol. The summed E-state index contributed by atoms with van der Waals surface area (Å²) in [6.45, 7) is 6.27. The van der Waals surface area contributed by atoms with Gasteiger partial charge in [0, 0.05) is 43.9 Å². The van der Waals surface area contributed by atoms with Gasteiger partial charge in [-0.1, -0.05) is 0 Å². The molecule has 2 aromatic rings. The summed E-state index contributed by atoms with van der Waals surface area (Å²) >= 11 is 0. The van der Waals surface area contributed by atoms with Crippen LogP contribution in [0.25, 0.3) is 0 Å². The molecule has 1 aliphatic rings. The Morgan fingerprint density at radius 2 is 2.40 bits per heavy atom. The third-order valence-corrected chi connectivity index (χ3v) is 3.81. The van der Waals surface area contributed by atoms with Crippen LogP contribution < -0.4 is 0 Å². The second-order valence-electron chi connectivity index (χ2n) is 5.28. The van der Waals surface area contributed by atoms with E-state index < -0.39 is 0 Å². The van der Waals surface area contributed by atoms with Gasteiger partial charge >= 0.3 is 0 Å². The largest absolute Gasteiger partial charge is 0.468 e. The minimum atomic E-state index is 0.376. The van der Waals surface area contributed by atoms with Crippen molar-refractivity contribution in [1.82, 2.24) is 14.7 Å². The molecule has 0 unspecified atom stereocenters. The van der Waals surface area contributed by atoms with Gasteiger partial charge in [-0.25, -0.2) is 0 Å². The van der Waals surface area contributed by atoms with Gasteiger partial charge in [-0.2, -0.15) is 5.10 Å². The van der Waals surface area contributed by atoms with Crippen LogP contribution in [-0.2, 0) is 24.9 Å². The first-order valence-electron chi connectivity index (χ1n) is 7.11. The zero-order valence-corrected chi connectivity index (χ0v) is 12.1. The highest BCUT2D eigenvalue weighted by Gasteiger charge is 2.29. The molecule has 3 heterocycles. The lowest BCUT2D eigenvalue weighted by Gasteiger charge is -2.32. The summed E-state index contributed by atoms with van der Waals surface area (Å²) in [6, 6.07) is 3.96. The lowest BCUT2D eigenvalue weighted by molar-refractivity contribution is 0.100. The normalized spacial score (nSPS) is 19.2. The highest BCUT2D eigenvalue weighted by atomic mass is 16.5. The summed E-state index contributed by atoms with van der Waals surface area (Å²) in [7, 11) is 2.01. The Morgan fingerprint density at radius 3 is 3.15 bits per heavy atom. The smallest absolute Gasteiger partial charge is 0.117 e. The maximum atomic E-state index is 5.65. The Labute approximate surface area is 119 Å². The predicted octanol–water partition coefficient (Wildman–Crippen LogP) is 2.15. The number of nitrogens with zero attached hydrogens (tertiary/aromatic N) is 3. The van der Waals surface area contributed by atoms with Crippen molar-refractivity contribution in [3.8, 4) is 0 Å². The number of furan rings is 1. The van der Waals surface area contributed by atoms with Crippen LogP contribution in [0.5, 0.6) is 0 Å². The molecule has 0 radical (unpaired) electrons. The second-order valence-corrected chi connectivity index (χ2v) is 5.28. The van der Waals surface area contributed by atoms with Gasteiger partial charge < -0.3 is 9.15 Å². The molecule has 5 heteroatoms. The molecule has 0 aromatic carbocycles. The zero-order valence-electron chi connectivity index (χ0n) is 12.1. The van der Waals surface area contributed by atoms with Gasteiger partial charge in [0.25, 0.3) is 0 Å². The maximum Gasteiger partial charge on any atom is 0.117 e. The van der Waals surface area contributed by atoms with Crippen molar-refractivity contribution in [3.05, 3.63) is 41.6 Å². The van der Waals surface area contributed by atoms with Crippen molar-refractivity contribution >= 4 is 0 Å². The number of fused-ring (bicyclic) bond motifs is 1. The SMILES string of the molecule is CCOC[C@@H]1CN(Cc2ccco2)Cc2cnn(C)c21. The molecule has 5 nitrogen and oxygen atoms in total. The van der Waals surface area contributed by atoms with E-state index in [-0.39, 0.29) is 0 Å². The van der Waals surface area contributed by atoms with E-state index in [1.807, 2.05) is 37.0 Å². The van der Waals surface area contributed by atoms with E-state index in [1.165, 1.54) is 11.3 Å². The Balaban J connectivity index is 1.77. The summed E-state index contributed by atoms with van der Waals surface area (Å²) < 4.78 is 13.1. The van der Waals surface area contributed by atoms with E-state index in [0.29, 0.717) is 5.92 Å². The molecule has 3 rings (SSSR count). The van der Waals surface area contributed by atoms with E-state index in [2.05, 4.69) is 10.00 Å². The topological polar surface area (TPSA) is 43.4 Å². The molecule has 0 aliphatic carbocycles. The van der Waals surface area contributed by atoms with Gasteiger partial charge in [-0.05, 0) is 19.1 Å². The maximum absolute atomic E-state index is 5.65.